The molecule has 1 amide bonds. The molecule has 7 nitrogen and oxygen atoms in total. The molecule has 0 spiro atoms. The van der Waals surface area contributed by atoms with Crippen LogP contribution in [-0.2, 0) is 4.79 Å². The summed E-state index contributed by atoms with van der Waals surface area (Å²) < 4.78 is 24.0. The number of amides is 1. The summed E-state index contributed by atoms with van der Waals surface area (Å²) in [6, 6.07) is 11.6. The molecule has 0 N–H and O–H groups in total. The van der Waals surface area contributed by atoms with E-state index in [1.165, 1.54) is 30.2 Å². The fraction of sp³-hybridized carbons (Fsp3) is 0.250. The van der Waals surface area contributed by atoms with Crippen molar-refractivity contribution < 1.29 is 18.0 Å². The molecule has 0 radical (unpaired) electrons. The molecule has 148 valence electrons. The first kappa shape index (κ1) is 19.1. The number of oxazole rings is 1. The Bertz CT molecular complexity index is 1020. The van der Waals surface area contributed by atoms with Crippen LogP contribution in [0.1, 0.15) is 5.69 Å². The summed E-state index contributed by atoms with van der Waals surface area (Å²) in [5.41, 5.74) is 0.197. The lowest BCUT2D eigenvalue weighted by Gasteiger charge is -2.34. The second kappa shape index (κ2) is 8.41. The van der Waals surface area contributed by atoms with Crippen LogP contribution >= 0.6 is 11.8 Å². The summed E-state index contributed by atoms with van der Waals surface area (Å²) in [6.45, 7) is 2.11. The molecule has 1 saturated heterocycles. The van der Waals surface area contributed by atoms with Gasteiger partial charge in [-0.3, -0.25) is 4.79 Å². The van der Waals surface area contributed by atoms with Gasteiger partial charge < -0.3 is 18.6 Å². The number of hydrogen-bond donors (Lipinski definition) is 0. The molecular weight excluding hydrogens is 395 g/mol. The van der Waals surface area contributed by atoms with Crippen LogP contribution in [0.15, 0.2) is 56.4 Å². The molecule has 9 heteroatoms. The molecule has 0 atom stereocenters. The molecular formula is C20H17FN4O3S. The summed E-state index contributed by atoms with van der Waals surface area (Å²) in [5, 5.41) is 9.37. The Morgan fingerprint density at radius 3 is 2.62 bits per heavy atom. The Labute approximate surface area is 170 Å². The Hall–Kier alpha value is -3.25. The van der Waals surface area contributed by atoms with Gasteiger partial charge in [0.1, 0.15) is 11.9 Å². The fourth-order valence-electron chi connectivity index (χ4n) is 3.03. The second-order valence-electron chi connectivity index (χ2n) is 6.37. The predicted octanol–water partition coefficient (Wildman–Crippen LogP) is 3.39. The number of halogens is 1. The Morgan fingerprint density at radius 2 is 1.97 bits per heavy atom. The largest absolute Gasteiger partial charge is 0.459 e. The minimum atomic E-state index is -0.295. The van der Waals surface area contributed by atoms with Crippen LogP contribution in [0.5, 0.6) is 0 Å². The molecule has 0 saturated carbocycles. The van der Waals surface area contributed by atoms with Crippen molar-refractivity contribution in [1.82, 2.24) is 9.88 Å². The van der Waals surface area contributed by atoms with Gasteiger partial charge in [-0.15, -0.1) is 11.8 Å². The normalized spacial score (nSPS) is 14.1. The van der Waals surface area contributed by atoms with E-state index in [2.05, 4.69) is 11.1 Å². The lowest BCUT2D eigenvalue weighted by molar-refractivity contribution is -0.128. The van der Waals surface area contributed by atoms with Crippen LogP contribution in [0.3, 0.4) is 0 Å². The van der Waals surface area contributed by atoms with Gasteiger partial charge in [0, 0.05) is 31.1 Å². The van der Waals surface area contributed by atoms with E-state index in [0.29, 0.717) is 43.6 Å². The number of piperazine rings is 1. The Kier molecular flexibility index (Phi) is 5.53. The highest BCUT2D eigenvalue weighted by Crippen LogP contribution is 2.29. The second-order valence-corrected chi connectivity index (χ2v) is 7.42. The van der Waals surface area contributed by atoms with Crippen molar-refractivity contribution in [2.24, 2.45) is 0 Å². The Balaban J connectivity index is 1.35. The highest BCUT2D eigenvalue weighted by Gasteiger charge is 2.27. The van der Waals surface area contributed by atoms with E-state index in [1.807, 2.05) is 4.90 Å². The van der Waals surface area contributed by atoms with Gasteiger partial charge in [0.15, 0.2) is 5.76 Å². The maximum Gasteiger partial charge on any atom is 0.266 e. The predicted molar refractivity (Wildman–Crippen MR) is 105 cm³/mol. The topological polar surface area (TPSA) is 86.5 Å². The summed E-state index contributed by atoms with van der Waals surface area (Å²) in [6.07, 6.45) is 1.51. The van der Waals surface area contributed by atoms with E-state index in [4.69, 9.17) is 8.83 Å². The number of carbonyl (C=O) groups is 1. The maximum absolute atomic E-state index is 13.0. The molecule has 0 bridgehead atoms. The van der Waals surface area contributed by atoms with Crippen LogP contribution in [0, 0.1) is 17.1 Å². The first-order valence-electron chi connectivity index (χ1n) is 9.00. The van der Waals surface area contributed by atoms with Gasteiger partial charge in [0.25, 0.3) is 5.89 Å². The molecule has 4 rings (SSSR count). The average molecular weight is 412 g/mol. The summed E-state index contributed by atoms with van der Waals surface area (Å²) in [7, 11) is 0. The number of nitriles is 1. The number of carbonyl (C=O) groups excluding carboxylic acids is 1. The monoisotopic (exact) mass is 412 g/mol. The van der Waals surface area contributed by atoms with Crippen molar-refractivity contribution in [3.63, 3.8) is 0 Å². The first-order valence-corrected chi connectivity index (χ1v) is 9.98. The number of nitrogens with zero attached hydrogens (tertiary/aromatic N) is 4. The SMILES string of the molecule is N#Cc1nc(-c2ccco2)oc1N1CCN(C(=O)CSc2ccc(F)cc2)CC1. The van der Waals surface area contributed by atoms with Gasteiger partial charge in [0.2, 0.25) is 17.5 Å². The van der Waals surface area contributed by atoms with E-state index in [0.717, 1.165) is 4.90 Å². The van der Waals surface area contributed by atoms with Gasteiger partial charge in [-0.1, -0.05) is 0 Å². The lowest BCUT2D eigenvalue weighted by atomic mass is 10.3. The number of aromatic nitrogens is 1. The van der Waals surface area contributed by atoms with Gasteiger partial charge in [-0.2, -0.15) is 10.2 Å². The number of benzene rings is 1. The molecule has 29 heavy (non-hydrogen) atoms. The van der Waals surface area contributed by atoms with Crippen molar-refractivity contribution >= 4 is 23.6 Å². The molecule has 2 aromatic heterocycles. The van der Waals surface area contributed by atoms with Crippen molar-refractivity contribution in [3.05, 3.63) is 54.2 Å². The fourth-order valence-corrected chi connectivity index (χ4v) is 3.83. The highest BCUT2D eigenvalue weighted by molar-refractivity contribution is 8.00. The molecule has 3 heterocycles. The van der Waals surface area contributed by atoms with Crippen molar-refractivity contribution in [2.45, 2.75) is 4.90 Å². The molecule has 3 aromatic rings. The summed E-state index contributed by atoms with van der Waals surface area (Å²) in [5.74, 6) is 1.13. The minimum absolute atomic E-state index is 0.0216. The van der Waals surface area contributed by atoms with E-state index < -0.39 is 0 Å². The first-order chi connectivity index (χ1) is 14.1. The van der Waals surface area contributed by atoms with Crippen LogP contribution in [0.25, 0.3) is 11.7 Å². The number of rotatable bonds is 5. The third kappa shape index (κ3) is 4.27. The smallest absolute Gasteiger partial charge is 0.266 e. The minimum Gasteiger partial charge on any atom is -0.459 e. The van der Waals surface area contributed by atoms with E-state index in [-0.39, 0.29) is 23.3 Å². The molecule has 1 fully saturated rings. The molecule has 1 aliphatic rings. The molecule has 0 unspecified atom stereocenters. The molecule has 1 aliphatic heterocycles. The van der Waals surface area contributed by atoms with Crippen molar-refractivity contribution in [1.29, 1.82) is 5.26 Å². The van der Waals surface area contributed by atoms with Gasteiger partial charge in [-0.25, -0.2) is 4.39 Å². The number of thioether (sulfide) groups is 1. The zero-order chi connectivity index (χ0) is 20.2. The Morgan fingerprint density at radius 1 is 1.21 bits per heavy atom. The van der Waals surface area contributed by atoms with E-state index >= 15 is 0 Å². The standard InChI is InChI=1S/C20H17FN4O3S/c21-14-3-5-15(6-4-14)29-13-18(26)24-7-9-25(10-8-24)20-16(12-22)23-19(28-20)17-2-1-11-27-17/h1-6,11H,7-10,13H2. The average Bonchev–Trinajstić information content (AvgIpc) is 3.43. The van der Waals surface area contributed by atoms with Crippen LogP contribution in [0.2, 0.25) is 0 Å². The molecule has 1 aromatic carbocycles. The van der Waals surface area contributed by atoms with Gasteiger partial charge >= 0.3 is 0 Å². The summed E-state index contributed by atoms with van der Waals surface area (Å²) in [4.78, 5) is 21.2. The summed E-state index contributed by atoms with van der Waals surface area (Å²) >= 11 is 1.38. The van der Waals surface area contributed by atoms with E-state index in [9.17, 15) is 14.4 Å². The number of anilines is 1. The lowest BCUT2D eigenvalue weighted by Crippen LogP contribution is -2.49. The number of hydrogen-bond acceptors (Lipinski definition) is 7. The molecule has 0 aliphatic carbocycles. The van der Waals surface area contributed by atoms with Crippen molar-refractivity contribution in [2.75, 3.05) is 36.8 Å². The quantitative estimate of drug-likeness (QED) is 0.594. The van der Waals surface area contributed by atoms with Crippen LogP contribution in [-0.4, -0.2) is 47.7 Å². The van der Waals surface area contributed by atoms with Crippen molar-refractivity contribution in [3.8, 4) is 17.7 Å². The van der Waals surface area contributed by atoms with Gasteiger partial charge in [0.05, 0.1) is 12.0 Å². The maximum atomic E-state index is 13.0. The third-order valence-electron chi connectivity index (χ3n) is 4.54. The van der Waals surface area contributed by atoms with Crippen LogP contribution < -0.4 is 4.90 Å². The van der Waals surface area contributed by atoms with E-state index in [1.54, 1.807) is 29.2 Å². The van der Waals surface area contributed by atoms with Gasteiger partial charge in [-0.05, 0) is 36.4 Å². The number of furan rings is 1. The zero-order valence-electron chi connectivity index (χ0n) is 15.4. The third-order valence-corrected chi connectivity index (χ3v) is 5.54. The zero-order valence-corrected chi connectivity index (χ0v) is 16.2. The highest BCUT2D eigenvalue weighted by atomic mass is 32.2. The van der Waals surface area contributed by atoms with Crippen LogP contribution in [0.4, 0.5) is 10.3 Å².